The van der Waals surface area contributed by atoms with Gasteiger partial charge in [0.1, 0.15) is 5.76 Å². The van der Waals surface area contributed by atoms with Crippen LogP contribution >= 0.6 is 0 Å². The Kier molecular flexibility index (Phi) is 8.80. The van der Waals surface area contributed by atoms with E-state index in [1.54, 1.807) is 0 Å². The van der Waals surface area contributed by atoms with Gasteiger partial charge in [-0.15, -0.1) is 6.58 Å². The standard InChI is InChI=1S/C34H38OSi2/c1-5-18-29(27-28-36(2,3)4)34(30-19-10-6-11-20-30)35-37(31-21-12-7-13-22-31,32-23-14-8-15-24-32)33-25-16-9-17-26-33/h5-17,19-26H,1,18,27-28H2,2-4H3/b34-29+. The van der Waals surface area contributed by atoms with Crippen molar-refractivity contribution in [3.8, 4) is 0 Å². The smallest absolute Gasteiger partial charge is 0.346 e. The lowest BCUT2D eigenvalue weighted by atomic mass is 10.0. The normalized spacial score (nSPS) is 12.5. The molecule has 0 radical (unpaired) electrons. The molecule has 0 unspecified atom stereocenters. The fourth-order valence-corrected chi connectivity index (χ4v) is 9.74. The van der Waals surface area contributed by atoms with Gasteiger partial charge < -0.3 is 4.43 Å². The zero-order valence-electron chi connectivity index (χ0n) is 22.4. The van der Waals surface area contributed by atoms with Gasteiger partial charge in [0.2, 0.25) is 0 Å². The van der Waals surface area contributed by atoms with Gasteiger partial charge in [-0.25, -0.2) is 0 Å². The lowest BCUT2D eigenvalue weighted by Gasteiger charge is -2.36. The highest BCUT2D eigenvalue weighted by molar-refractivity contribution is 7.07. The highest BCUT2D eigenvalue weighted by Crippen LogP contribution is 2.31. The van der Waals surface area contributed by atoms with Gasteiger partial charge in [0, 0.05) is 13.6 Å². The summed E-state index contributed by atoms with van der Waals surface area (Å²) in [7, 11) is -4.18. The molecule has 0 fully saturated rings. The summed E-state index contributed by atoms with van der Waals surface area (Å²) in [5.74, 6) is 1.02. The van der Waals surface area contributed by atoms with Gasteiger partial charge in [-0.05, 0) is 34.0 Å². The van der Waals surface area contributed by atoms with Crippen LogP contribution in [0.4, 0.5) is 0 Å². The summed E-state index contributed by atoms with van der Waals surface area (Å²) in [5.41, 5.74) is 2.47. The highest BCUT2D eigenvalue weighted by Gasteiger charge is 2.44. The minimum atomic E-state index is -2.92. The van der Waals surface area contributed by atoms with Gasteiger partial charge in [0.05, 0.1) is 0 Å². The molecule has 1 nitrogen and oxygen atoms in total. The van der Waals surface area contributed by atoms with Crippen molar-refractivity contribution in [2.24, 2.45) is 0 Å². The third kappa shape index (κ3) is 6.48. The second kappa shape index (κ2) is 12.2. The fourth-order valence-electron chi connectivity index (χ4n) is 4.78. The van der Waals surface area contributed by atoms with E-state index >= 15 is 0 Å². The second-order valence-electron chi connectivity index (χ2n) is 10.7. The van der Waals surface area contributed by atoms with Crippen LogP contribution in [-0.4, -0.2) is 16.4 Å². The number of allylic oxidation sites excluding steroid dienone is 2. The minimum Gasteiger partial charge on any atom is -0.530 e. The minimum absolute atomic E-state index is 0.817. The third-order valence-electron chi connectivity index (χ3n) is 6.72. The SMILES string of the molecule is C=CC/C(CC[Si](C)(C)C)=C(\O[Si](c1ccccc1)(c1ccccc1)c1ccccc1)c1ccccc1. The predicted octanol–water partition coefficient (Wildman–Crippen LogP) is 7.39. The number of rotatable bonds is 11. The molecule has 0 bridgehead atoms. The molecule has 0 aliphatic rings. The summed E-state index contributed by atoms with van der Waals surface area (Å²) in [5, 5.41) is 3.72. The molecule has 3 heteroatoms. The zero-order valence-corrected chi connectivity index (χ0v) is 24.4. The van der Waals surface area contributed by atoms with Crippen molar-refractivity contribution in [3.63, 3.8) is 0 Å². The molecule has 0 saturated carbocycles. The van der Waals surface area contributed by atoms with Gasteiger partial charge in [-0.2, -0.15) is 0 Å². The first-order valence-corrected chi connectivity index (χ1v) is 18.8. The molecular weight excluding hydrogens is 481 g/mol. The fraction of sp³-hybridized carbons (Fsp3) is 0.176. The third-order valence-corrected chi connectivity index (χ3v) is 12.4. The molecule has 0 aliphatic carbocycles. The molecule has 37 heavy (non-hydrogen) atoms. The van der Waals surface area contributed by atoms with E-state index in [0.717, 1.165) is 24.2 Å². The van der Waals surface area contributed by atoms with Crippen LogP contribution in [0.5, 0.6) is 0 Å². The molecule has 4 aromatic carbocycles. The quantitative estimate of drug-likeness (QED) is 0.0871. The monoisotopic (exact) mass is 518 g/mol. The van der Waals surface area contributed by atoms with Crippen LogP contribution in [-0.2, 0) is 4.43 Å². The Balaban J connectivity index is 2.02. The maximum Gasteiger partial charge on any atom is 0.346 e. The van der Waals surface area contributed by atoms with Crippen LogP contribution in [0.1, 0.15) is 18.4 Å². The molecule has 0 heterocycles. The van der Waals surface area contributed by atoms with Crippen molar-refractivity contribution < 1.29 is 4.43 Å². The lowest BCUT2D eigenvalue weighted by Crippen LogP contribution is -2.69. The summed E-state index contributed by atoms with van der Waals surface area (Å²) in [6.07, 6.45) is 3.87. The van der Waals surface area contributed by atoms with E-state index in [0.29, 0.717) is 0 Å². The molecular formula is C34H38OSi2. The van der Waals surface area contributed by atoms with Gasteiger partial charge in [0.25, 0.3) is 0 Å². The average molecular weight is 519 g/mol. The zero-order chi connectivity index (χ0) is 26.1. The molecule has 0 N–H and O–H groups in total. The summed E-state index contributed by atoms with van der Waals surface area (Å²) in [6.45, 7) is 11.5. The van der Waals surface area contributed by atoms with Crippen molar-refractivity contribution in [3.05, 3.63) is 145 Å². The van der Waals surface area contributed by atoms with E-state index in [4.69, 9.17) is 4.43 Å². The summed E-state index contributed by atoms with van der Waals surface area (Å²) >= 11 is 0. The van der Waals surface area contributed by atoms with E-state index in [-0.39, 0.29) is 0 Å². The van der Waals surface area contributed by atoms with Gasteiger partial charge in [-0.1, -0.05) is 153 Å². The summed E-state index contributed by atoms with van der Waals surface area (Å²) in [6, 6.07) is 44.4. The van der Waals surface area contributed by atoms with E-state index < -0.39 is 16.4 Å². The number of hydrogen-bond donors (Lipinski definition) is 0. The molecule has 4 aromatic rings. The molecule has 188 valence electrons. The van der Waals surface area contributed by atoms with Crippen LogP contribution in [0.15, 0.2) is 140 Å². The van der Waals surface area contributed by atoms with Crippen LogP contribution in [0.25, 0.3) is 5.76 Å². The molecule has 0 atom stereocenters. The van der Waals surface area contributed by atoms with Crippen LogP contribution in [0, 0.1) is 0 Å². The molecule has 0 amide bonds. The van der Waals surface area contributed by atoms with Crippen molar-refractivity contribution in [2.75, 3.05) is 0 Å². The first kappa shape index (κ1) is 26.7. The highest BCUT2D eigenvalue weighted by atomic mass is 28.4. The Bertz CT molecular complexity index is 1200. The van der Waals surface area contributed by atoms with Crippen molar-refractivity contribution in [2.45, 2.75) is 38.5 Å². The van der Waals surface area contributed by atoms with Gasteiger partial charge in [0.15, 0.2) is 0 Å². The van der Waals surface area contributed by atoms with E-state index in [2.05, 4.69) is 148 Å². The maximum absolute atomic E-state index is 7.65. The first-order valence-electron chi connectivity index (χ1n) is 13.2. The molecule has 0 aliphatic heterocycles. The first-order chi connectivity index (χ1) is 17.9. The van der Waals surface area contributed by atoms with Crippen LogP contribution in [0.2, 0.25) is 25.7 Å². The van der Waals surface area contributed by atoms with Crippen molar-refractivity contribution in [1.29, 1.82) is 0 Å². The predicted molar refractivity (Wildman–Crippen MR) is 166 cm³/mol. The maximum atomic E-state index is 7.65. The van der Waals surface area contributed by atoms with E-state index in [1.165, 1.54) is 27.2 Å². The Labute approximate surface area is 225 Å². The largest absolute Gasteiger partial charge is 0.530 e. The number of hydrogen-bond acceptors (Lipinski definition) is 1. The molecule has 0 saturated heterocycles. The number of benzene rings is 4. The topological polar surface area (TPSA) is 9.23 Å². The Morgan fingerprint density at radius 3 is 1.43 bits per heavy atom. The lowest BCUT2D eigenvalue weighted by molar-refractivity contribution is 0.524. The Hall–Kier alpha value is -3.41. The van der Waals surface area contributed by atoms with Crippen molar-refractivity contribution >= 4 is 37.7 Å². The van der Waals surface area contributed by atoms with E-state index in [1.807, 2.05) is 6.08 Å². The Morgan fingerprint density at radius 1 is 0.649 bits per heavy atom. The van der Waals surface area contributed by atoms with Crippen LogP contribution in [0.3, 0.4) is 0 Å². The van der Waals surface area contributed by atoms with E-state index in [9.17, 15) is 0 Å². The van der Waals surface area contributed by atoms with Crippen LogP contribution < -0.4 is 15.6 Å². The molecule has 0 spiro atoms. The van der Waals surface area contributed by atoms with Gasteiger partial charge in [-0.3, -0.25) is 0 Å². The summed E-state index contributed by atoms with van der Waals surface area (Å²) in [4.78, 5) is 0. The molecule has 4 rings (SSSR count). The van der Waals surface area contributed by atoms with Crippen molar-refractivity contribution in [1.82, 2.24) is 0 Å². The van der Waals surface area contributed by atoms with Gasteiger partial charge >= 0.3 is 8.32 Å². The summed E-state index contributed by atoms with van der Waals surface area (Å²) < 4.78 is 7.65. The second-order valence-corrected chi connectivity index (χ2v) is 19.7. The average Bonchev–Trinajstić information content (AvgIpc) is 2.94. The Morgan fingerprint density at radius 2 is 1.05 bits per heavy atom. The molecule has 0 aromatic heterocycles.